The third kappa shape index (κ3) is 3.47. The van der Waals surface area contributed by atoms with E-state index in [1.54, 1.807) is 0 Å². The van der Waals surface area contributed by atoms with E-state index in [1.165, 1.54) is 0 Å². The molecule has 3 unspecified atom stereocenters. The average molecular weight is 312 g/mol. The van der Waals surface area contributed by atoms with Crippen LogP contribution >= 0.6 is 0 Å². The number of likely N-dealkylation sites (tertiary alicyclic amines) is 1. The molecule has 0 radical (unpaired) electrons. The summed E-state index contributed by atoms with van der Waals surface area (Å²) in [5.41, 5.74) is -0.0646. The number of aliphatic hydroxyl groups excluding tert-OH is 1. The number of carbonyl (C=O) groups excluding carboxylic acids is 1. The van der Waals surface area contributed by atoms with Crippen LogP contribution in [0.1, 0.15) is 52.9 Å². The molecule has 3 atom stereocenters. The molecule has 2 fully saturated rings. The number of carbonyl (C=O) groups is 1. The van der Waals surface area contributed by atoms with Crippen molar-refractivity contribution >= 4 is 5.91 Å². The van der Waals surface area contributed by atoms with Crippen LogP contribution in [0.15, 0.2) is 0 Å². The average Bonchev–Trinajstić information content (AvgIpc) is 2.54. The van der Waals surface area contributed by atoms with Crippen molar-refractivity contribution in [3.8, 4) is 0 Å². The number of unbranched alkanes of at least 4 members (excludes halogenated alkanes) is 1. The van der Waals surface area contributed by atoms with Gasteiger partial charge in [-0.05, 0) is 46.2 Å². The van der Waals surface area contributed by atoms with Gasteiger partial charge in [0.25, 0.3) is 0 Å². The highest BCUT2D eigenvalue weighted by molar-refractivity contribution is 5.81. The molecule has 128 valence electrons. The predicted molar refractivity (Wildman–Crippen MR) is 86.7 cm³/mol. The van der Waals surface area contributed by atoms with E-state index in [1.807, 2.05) is 13.8 Å². The monoisotopic (exact) mass is 312 g/mol. The molecule has 1 aliphatic carbocycles. The second kappa shape index (κ2) is 7.75. The van der Waals surface area contributed by atoms with Crippen LogP contribution in [0.3, 0.4) is 0 Å². The standard InChI is InChI=1S/C17H32N2O3/c1-4-6-9-18-16(21)13(3)19-10-7-17(8-11-19)14(20)12-15(17)22-5-2/h13-15,20H,4-12H2,1-3H3,(H,18,21). The minimum Gasteiger partial charge on any atom is -0.392 e. The molecule has 1 aliphatic heterocycles. The van der Waals surface area contributed by atoms with Crippen molar-refractivity contribution in [3.05, 3.63) is 0 Å². The number of nitrogens with one attached hydrogen (secondary N) is 1. The van der Waals surface area contributed by atoms with Gasteiger partial charge in [-0.15, -0.1) is 0 Å². The van der Waals surface area contributed by atoms with Crippen LogP contribution in [0, 0.1) is 5.41 Å². The van der Waals surface area contributed by atoms with Gasteiger partial charge in [-0.1, -0.05) is 13.3 Å². The number of ether oxygens (including phenoxy) is 1. The van der Waals surface area contributed by atoms with Crippen molar-refractivity contribution in [2.75, 3.05) is 26.2 Å². The largest absolute Gasteiger partial charge is 0.392 e. The van der Waals surface area contributed by atoms with E-state index in [0.717, 1.165) is 51.7 Å². The second-order valence-electron chi connectivity index (χ2n) is 6.79. The molecular weight excluding hydrogens is 280 g/mol. The predicted octanol–water partition coefficient (Wildman–Crippen LogP) is 1.54. The molecule has 1 heterocycles. The Morgan fingerprint density at radius 1 is 1.41 bits per heavy atom. The van der Waals surface area contributed by atoms with Crippen molar-refractivity contribution in [2.45, 2.75) is 71.1 Å². The molecule has 2 N–H and O–H groups in total. The van der Waals surface area contributed by atoms with Gasteiger partial charge < -0.3 is 15.2 Å². The Morgan fingerprint density at radius 2 is 2.09 bits per heavy atom. The van der Waals surface area contributed by atoms with E-state index >= 15 is 0 Å². The van der Waals surface area contributed by atoms with Crippen molar-refractivity contribution in [3.63, 3.8) is 0 Å². The van der Waals surface area contributed by atoms with Gasteiger partial charge >= 0.3 is 0 Å². The van der Waals surface area contributed by atoms with Crippen LogP contribution in [0.25, 0.3) is 0 Å². The number of rotatable bonds is 7. The van der Waals surface area contributed by atoms with E-state index in [-0.39, 0.29) is 29.6 Å². The van der Waals surface area contributed by atoms with Crippen LogP contribution < -0.4 is 5.32 Å². The fourth-order valence-electron chi connectivity index (χ4n) is 3.85. The van der Waals surface area contributed by atoms with Gasteiger partial charge in [0, 0.05) is 25.0 Å². The summed E-state index contributed by atoms with van der Waals surface area (Å²) < 4.78 is 5.79. The van der Waals surface area contributed by atoms with E-state index in [9.17, 15) is 9.90 Å². The van der Waals surface area contributed by atoms with Crippen molar-refractivity contribution in [1.29, 1.82) is 0 Å². The lowest BCUT2D eigenvalue weighted by atomic mass is 9.58. The van der Waals surface area contributed by atoms with Gasteiger partial charge in [0.05, 0.1) is 18.2 Å². The van der Waals surface area contributed by atoms with Gasteiger partial charge in [0.1, 0.15) is 0 Å². The minimum absolute atomic E-state index is 0.0646. The van der Waals surface area contributed by atoms with Gasteiger partial charge in [-0.25, -0.2) is 0 Å². The molecule has 5 heteroatoms. The quantitative estimate of drug-likeness (QED) is 0.700. The topological polar surface area (TPSA) is 61.8 Å². The molecule has 0 aromatic heterocycles. The molecule has 0 bridgehead atoms. The van der Waals surface area contributed by atoms with E-state index < -0.39 is 0 Å². The number of piperidine rings is 1. The molecule has 1 saturated carbocycles. The summed E-state index contributed by atoms with van der Waals surface area (Å²) in [5, 5.41) is 13.2. The minimum atomic E-state index is -0.236. The van der Waals surface area contributed by atoms with Gasteiger partial charge in [-0.3, -0.25) is 9.69 Å². The Balaban J connectivity index is 1.82. The third-order valence-electron chi connectivity index (χ3n) is 5.60. The van der Waals surface area contributed by atoms with Crippen LogP contribution in [-0.2, 0) is 9.53 Å². The summed E-state index contributed by atoms with van der Waals surface area (Å²) in [6.07, 6.45) is 4.70. The molecule has 2 rings (SSSR count). The molecule has 1 spiro atoms. The highest BCUT2D eigenvalue weighted by Crippen LogP contribution is 2.51. The van der Waals surface area contributed by atoms with E-state index in [0.29, 0.717) is 6.61 Å². The van der Waals surface area contributed by atoms with Crippen molar-refractivity contribution < 1.29 is 14.6 Å². The van der Waals surface area contributed by atoms with Crippen LogP contribution in [0.4, 0.5) is 0 Å². The first kappa shape index (κ1) is 17.7. The molecule has 1 amide bonds. The third-order valence-corrected chi connectivity index (χ3v) is 5.60. The molecule has 5 nitrogen and oxygen atoms in total. The smallest absolute Gasteiger partial charge is 0.237 e. The van der Waals surface area contributed by atoms with E-state index in [4.69, 9.17) is 4.74 Å². The summed E-state index contributed by atoms with van der Waals surface area (Å²) in [5.74, 6) is 0.125. The Bertz CT molecular complexity index is 365. The normalized spacial score (nSPS) is 29.1. The number of hydrogen-bond acceptors (Lipinski definition) is 4. The number of aliphatic hydroxyl groups is 1. The van der Waals surface area contributed by atoms with Gasteiger partial charge in [0.15, 0.2) is 0 Å². The summed E-state index contributed by atoms with van der Waals surface area (Å²) >= 11 is 0. The lowest BCUT2D eigenvalue weighted by molar-refractivity contribution is -0.210. The number of nitrogens with zero attached hydrogens (tertiary/aromatic N) is 1. The zero-order valence-electron chi connectivity index (χ0n) is 14.3. The highest BCUT2D eigenvalue weighted by Gasteiger charge is 2.56. The maximum absolute atomic E-state index is 12.2. The summed E-state index contributed by atoms with van der Waals surface area (Å²) in [6.45, 7) is 9.32. The first-order valence-corrected chi connectivity index (χ1v) is 8.86. The Labute approximate surface area is 134 Å². The molecule has 0 aromatic carbocycles. The van der Waals surface area contributed by atoms with Crippen LogP contribution in [0.2, 0.25) is 0 Å². The zero-order valence-corrected chi connectivity index (χ0v) is 14.3. The fraction of sp³-hybridized carbons (Fsp3) is 0.941. The number of hydrogen-bond donors (Lipinski definition) is 2. The Kier molecular flexibility index (Phi) is 6.24. The van der Waals surface area contributed by atoms with Crippen molar-refractivity contribution in [2.24, 2.45) is 5.41 Å². The Morgan fingerprint density at radius 3 is 2.64 bits per heavy atom. The lowest BCUT2D eigenvalue weighted by Gasteiger charge is -2.57. The molecule has 2 aliphatic rings. The first-order valence-electron chi connectivity index (χ1n) is 8.86. The van der Waals surface area contributed by atoms with E-state index in [2.05, 4.69) is 17.1 Å². The molecule has 1 saturated heterocycles. The molecule has 0 aromatic rings. The fourth-order valence-corrected chi connectivity index (χ4v) is 3.85. The lowest BCUT2D eigenvalue weighted by Crippen LogP contribution is -2.63. The molecule has 22 heavy (non-hydrogen) atoms. The second-order valence-corrected chi connectivity index (χ2v) is 6.79. The van der Waals surface area contributed by atoms with Gasteiger partial charge in [0.2, 0.25) is 5.91 Å². The first-order chi connectivity index (χ1) is 10.5. The van der Waals surface area contributed by atoms with Gasteiger partial charge in [-0.2, -0.15) is 0 Å². The van der Waals surface area contributed by atoms with Crippen LogP contribution in [-0.4, -0.2) is 60.4 Å². The SMILES string of the molecule is CCCCNC(=O)C(C)N1CCC2(CC1)C(O)CC2OCC. The maximum atomic E-state index is 12.2. The van der Waals surface area contributed by atoms with Crippen molar-refractivity contribution in [1.82, 2.24) is 10.2 Å². The highest BCUT2D eigenvalue weighted by atomic mass is 16.5. The summed E-state index contributed by atoms with van der Waals surface area (Å²) in [6, 6.07) is -0.0861. The maximum Gasteiger partial charge on any atom is 0.237 e. The Hall–Kier alpha value is -0.650. The summed E-state index contributed by atoms with van der Waals surface area (Å²) in [4.78, 5) is 14.4. The summed E-state index contributed by atoms with van der Waals surface area (Å²) in [7, 11) is 0. The molecular formula is C17H32N2O3. The number of amides is 1. The van der Waals surface area contributed by atoms with Crippen LogP contribution in [0.5, 0.6) is 0 Å². The zero-order chi connectivity index (χ0) is 16.2.